The maximum absolute atomic E-state index is 10.9. The summed E-state index contributed by atoms with van der Waals surface area (Å²) in [4.78, 5) is 10.9. The second-order valence-corrected chi connectivity index (χ2v) is 4.60. The molecule has 1 aliphatic heterocycles. The molecule has 2 N–H and O–H groups in total. The van der Waals surface area contributed by atoms with Gasteiger partial charge in [0.2, 0.25) is 5.91 Å². The lowest BCUT2D eigenvalue weighted by Crippen LogP contribution is -2.18. The van der Waals surface area contributed by atoms with E-state index in [-0.39, 0.29) is 6.42 Å². The van der Waals surface area contributed by atoms with Gasteiger partial charge in [-0.25, -0.2) is 5.48 Å². The predicted octanol–water partition coefficient (Wildman–Crippen LogP) is 2.08. The van der Waals surface area contributed by atoms with Crippen molar-refractivity contribution < 1.29 is 10.0 Å². The van der Waals surface area contributed by atoms with Gasteiger partial charge >= 0.3 is 0 Å². The maximum atomic E-state index is 10.9. The highest BCUT2D eigenvalue weighted by Crippen LogP contribution is 2.14. The van der Waals surface area contributed by atoms with Crippen molar-refractivity contribution in [1.29, 1.82) is 0 Å². The fraction of sp³-hybridized carbons (Fsp3) is 0.357. The Labute approximate surface area is 117 Å². The zero-order valence-electron chi connectivity index (χ0n) is 11.2. The minimum atomic E-state index is -0.449. The fourth-order valence-corrected chi connectivity index (χ4v) is 1.97. The number of amides is 1. The van der Waals surface area contributed by atoms with Crippen LogP contribution in [0.4, 0.5) is 0 Å². The molecule has 0 spiro atoms. The molecule has 0 radical (unpaired) electrons. The summed E-state index contributed by atoms with van der Waals surface area (Å²) in [6, 6.07) is 10.3. The van der Waals surface area contributed by atoms with E-state index in [0.717, 1.165) is 25.1 Å². The molecule has 6 nitrogen and oxygen atoms in total. The Morgan fingerprint density at radius 3 is 2.95 bits per heavy atom. The number of carbonyl (C=O) groups is 1. The van der Waals surface area contributed by atoms with Gasteiger partial charge in [0.05, 0.1) is 12.2 Å². The van der Waals surface area contributed by atoms with Gasteiger partial charge in [0.1, 0.15) is 0 Å². The van der Waals surface area contributed by atoms with Crippen molar-refractivity contribution >= 4 is 5.91 Å². The Balaban J connectivity index is 1.69. The first-order valence-corrected chi connectivity index (χ1v) is 6.60. The summed E-state index contributed by atoms with van der Waals surface area (Å²) in [6.07, 6.45) is 3.81. The summed E-state index contributed by atoms with van der Waals surface area (Å²) in [5.41, 5.74) is 3.66. The molecule has 1 heterocycles. The highest BCUT2D eigenvalue weighted by atomic mass is 16.5. The molecule has 1 aromatic carbocycles. The molecule has 1 amide bonds. The van der Waals surface area contributed by atoms with Crippen LogP contribution in [0, 0.1) is 0 Å². The van der Waals surface area contributed by atoms with Gasteiger partial charge < -0.3 is 0 Å². The van der Waals surface area contributed by atoms with Crippen LogP contribution in [0.5, 0.6) is 0 Å². The first-order chi connectivity index (χ1) is 9.78. The van der Waals surface area contributed by atoms with Gasteiger partial charge in [-0.15, -0.1) is 5.11 Å². The summed E-state index contributed by atoms with van der Waals surface area (Å²) in [5.74, 6) is -0.449. The minimum absolute atomic E-state index is 0.114. The standard InChI is InChI=1S/C14H18N4O2/c19-14(16-20)9-8-13-11-18(17-15-13)10-4-7-12-5-2-1-3-6-12/h1-3,5-6,8,20H,4,7,9-11H2,(H,16,19)/b13-8-. The third kappa shape index (κ3) is 4.47. The lowest BCUT2D eigenvalue weighted by Gasteiger charge is -2.11. The first-order valence-electron chi connectivity index (χ1n) is 6.60. The summed E-state index contributed by atoms with van der Waals surface area (Å²) in [7, 11) is 0. The van der Waals surface area contributed by atoms with Gasteiger partial charge in [-0.2, -0.15) is 0 Å². The average molecular weight is 274 g/mol. The molecule has 0 saturated heterocycles. The lowest BCUT2D eigenvalue weighted by molar-refractivity contribution is -0.128. The zero-order chi connectivity index (χ0) is 14.2. The van der Waals surface area contributed by atoms with Crippen LogP contribution in [0.25, 0.3) is 0 Å². The number of benzene rings is 1. The molecule has 6 heteroatoms. The van der Waals surface area contributed by atoms with E-state index in [1.807, 2.05) is 23.2 Å². The van der Waals surface area contributed by atoms with Crippen LogP contribution in [-0.2, 0) is 11.2 Å². The first kappa shape index (κ1) is 14.2. The quantitative estimate of drug-likeness (QED) is 0.616. The van der Waals surface area contributed by atoms with Crippen molar-refractivity contribution in [2.24, 2.45) is 10.3 Å². The summed E-state index contributed by atoms with van der Waals surface area (Å²) in [5, 5.41) is 18.3. The van der Waals surface area contributed by atoms with E-state index < -0.39 is 5.91 Å². The van der Waals surface area contributed by atoms with Crippen LogP contribution in [0.1, 0.15) is 18.4 Å². The SMILES string of the molecule is O=C(C/C=C1/CN(CCCc2ccccc2)N=N1)NO. The van der Waals surface area contributed by atoms with E-state index in [1.54, 1.807) is 11.6 Å². The Morgan fingerprint density at radius 1 is 1.40 bits per heavy atom. The number of nitrogens with one attached hydrogen (secondary N) is 1. The highest BCUT2D eigenvalue weighted by molar-refractivity contribution is 5.76. The van der Waals surface area contributed by atoms with E-state index in [9.17, 15) is 4.79 Å². The minimum Gasteiger partial charge on any atom is -0.289 e. The molecule has 0 aliphatic carbocycles. The molecular formula is C14H18N4O2. The molecule has 0 bridgehead atoms. The van der Waals surface area contributed by atoms with Crippen LogP contribution in [0.3, 0.4) is 0 Å². The third-order valence-electron chi connectivity index (χ3n) is 3.02. The van der Waals surface area contributed by atoms with Gasteiger partial charge in [0.15, 0.2) is 0 Å². The van der Waals surface area contributed by atoms with E-state index in [2.05, 4.69) is 22.5 Å². The molecule has 1 aliphatic rings. The van der Waals surface area contributed by atoms with Crippen molar-refractivity contribution in [2.75, 3.05) is 13.1 Å². The average Bonchev–Trinajstić information content (AvgIpc) is 2.94. The smallest absolute Gasteiger partial charge is 0.247 e. The van der Waals surface area contributed by atoms with Crippen LogP contribution in [0.15, 0.2) is 52.4 Å². The van der Waals surface area contributed by atoms with Crippen molar-refractivity contribution in [1.82, 2.24) is 10.5 Å². The van der Waals surface area contributed by atoms with Gasteiger partial charge in [-0.1, -0.05) is 35.6 Å². The van der Waals surface area contributed by atoms with Gasteiger partial charge in [0.25, 0.3) is 0 Å². The molecule has 2 rings (SSSR count). The van der Waals surface area contributed by atoms with Crippen LogP contribution in [0.2, 0.25) is 0 Å². The number of nitrogens with zero attached hydrogens (tertiary/aromatic N) is 3. The van der Waals surface area contributed by atoms with Crippen molar-refractivity contribution in [3.8, 4) is 0 Å². The van der Waals surface area contributed by atoms with Crippen molar-refractivity contribution in [2.45, 2.75) is 19.3 Å². The molecular weight excluding hydrogens is 256 g/mol. The van der Waals surface area contributed by atoms with Gasteiger partial charge in [-0.05, 0) is 24.5 Å². The summed E-state index contributed by atoms with van der Waals surface area (Å²) < 4.78 is 0. The normalized spacial score (nSPS) is 15.8. The Bertz CT molecular complexity index is 499. The highest BCUT2D eigenvalue weighted by Gasteiger charge is 2.12. The predicted molar refractivity (Wildman–Crippen MR) is 73.8 cm³/mol. The molecule has 0 atom stereocenters. The molecule has 0 unspecified atom stereocenters. The fourth-order valence-electron chi connectivity index (χ4n) is 1.97. The summed E-state index contributed by atoms with van der Waals surface area (Å²) >= 11 is 0. The van der Waals surface area contributed by atoms with Gasteiger partial charge in [-0.3, -0.25) is 15.0 Å². The van der Waals surface area contributed by atoms with Crippen LogP contribution >= 0.6 is 0 Å². The van der Waals surface area contributed by atoms with Crippen LogP contribution in [-0.4, -0.2) is 29.2 Å². The monoisotopic (exact) mass is 274 g/mol. The Morgan fingerprint density at radius 2 is 2.20 bits per heavy atom. The number of hydrogen-bond donors (Lipinski definition) is 2. The Hall–Kier alpha value is -2.21. The lowest BCUT2D eigenvalue weighted by atomic mass is 10.1. The largest absolute Gasteiger partial charge is 0.289 e. The zero-order valence-corrected chi connectivity index (χ0v) is 11.2. The van der Waals surface area contributed by atoms with Crippen molar-refractivity contribution in [3.63, 3.8) is 0 Å². The number of carbonyl (C=O) groups excluding carboxylic acids is 1. The third-order valence-corrected chi connectivity index (χ3v) is 3.02. The number of hydrogen-bond acceptors (Lipinski definition) is 5. The van der Waals surface area contributed by atoms with Gasteiger partial charge in [0, 0.05) is 13.0 Å². The summed E-state index contributed by atoms with van der Waals surface area (Å²) in [6.45, 7) is 1.45. The maximum Gasteiger partial charge on any atom is 0.247 e. The second kappa shape index (κ2) is 7.40. The van der Waals surface area contributed by atoms with E-state index in [4.69, 9.17) is 5.21 Å². The molecule has 0 fully saturated rings. The molecule has 1 aromatic rings. The number of rotatable bonds is 6. The van der Waals surface area contributed by atoms with Crippen LogP contribution < -0.4 is 5.48 Å². The number of hydroxylamine groups is 1. The Kier molecular flexibility index (Phi) is 5.25. The molecule has 0 aromatic heterocycles. The topological polar surface area (TPSA) is 77.3 Å². The van der Waals surface area contributed by atoms with E-state index in [0.29, 0.717) is 6.54 Å². The second-order valence-electron chi connectivity index (χ2n) is 4.60. The molecule has 20 heavy (non-hydrogen) atoms. The van der Waals surface area contributed by atoms with E-state index >= 15 is 0 Å². The molecule has 106 valence electrons. The molecule has 0 saturated carbocycles. The van der Waals surface area contributed by atoms with E-state index in [1.165, 1.54) is 5.56 Å². The number of aryl methyl sites for hydroxylation is 1. The van der Waals surface area contributed by atoms with Crippen molar-refractivity contribution in [3.05, 3.63) is 47.7 Å².